The second-order valence-corrected chi connectivity index (χ2v) is 10.2. The van der Waals surface area contributed by atoms with E-state index in [-0.39, 0.29) is 18.2 Å². The Morgan fingerprint density at radius 2 is 1.69 bits per heavy atom. The third-order valence-electron chi connectivity index (χ3n) is 4.94. The maximum Gasteiger partial charge on any atom is 0.237 e. The van der Waals surface area contributed by atoms with Crippen LogP contribution in [0.15, 0.2) is 59.8 Å². The second kappa shape index (κ2) is 10.2. The van der Waals surface area contributed by atoms with E-state index in [4.69, 9.17) is 0 Å². The number of amides is 1. The number of carbonyl (C=O) groups excluding carboxylic acids is 1. The van der Waals surface area contributed by atoms with Gasteiger partial charge in [0.1, 0.15) is 0 Å². The molecule has 1 amide bonds. The first-order chi connectivity index (χ1) is 15.2. The van der Waals surface area contributed by atoms with Gasteiger partial charge >= 0.3 is 0 Å². The molecule has 1 heterocycles. The van der Waals surface area contributed by atoms with Gasteiger partial charge in [-0.2, -0.15) is 0 Å². The summed E-state index contributed by atoms with van der Waals surface area (Å²) >= 11 is 1.28. The van der Waals surface area contributed by atoms with E-state index >= 15 is 0 Å². The molecule has 0 aliphatic heterocycles. The van der Waals surface area contributed by atoms with Crippen molar-refractivity contribution in [2.24, 2.45) is 7.05 Å². The lowest BCUT2D eigenvalue weighted by molar-refractivity contribution is -0.116. The number of rotatable bonds is 9. The van der Waals surface area contributed by atoms with Crippen molar-refractivity contribution in [3.8, 4) is 0 Å². The van der Waals surface area contributed by atoms with E-state index in [0.29, 0.717) is 23.2 Å². The van der Waals surface area contributed by atoms with E-state index in [1.807, 2.05) is 56.3 Å². The molecule has 0 radical (unpaired) electrons. The summed E-state index contributed by atoms with van der Waals surface area (Å²) < 4.78 is 27.8. The van der Waals surface area contributed by atoms with Crippen molar-refractivity contribution in [3.63, 3.8) is 0 Å². The molecule has 0 N–H and O–H groups in total. The van der Waals surface area contributed by atoms with Crippen LogP contribution in [0.2, 0.25) is 0 Å². The zero-order valence-corrected chi connectivity index (χ0v) is 20.2. The van der Waals surface area contributed by atoms with Crippen molar-refractivity contribution in [2.75, 3.05) is 27.8 Å². The standard InChI is InChI=1S/C22H27N5O3S2/c1-5-26(18-9-7-6-8-10-18)21(28)16-31-22-24-23-20(25(22)3)15-27(32(4,29)30)19-13-11-17(2)12-14-19/h6-14H,5,15-16H2,1-4H3. The summed E-state index contributed by atoms with van der Waals surface area (Å²) in [4.78, 5) is 14.5. The Morgan fingerprint density at radius 3 is 2.28 bits per heavy atom. The van der Waals surface area contributed by atoms with Gasteiger partial charge in [0.25, 0.3) is 0 Å². The monoisotopic (exact) mass is 473 g/mol. The summed E-state index contributed by atoms with van der Waals surface area (Å²) in [6.07, 6.45) is 1.17. The number of hydrogen-bond donors (Lipinski definition) is 0. The summed E-state index contributed by atoms with van der Waals surface area (Å²) in [5, 5.41) is 8.90. The highest BCUT2D eigenvalue weighted by molar-refractivity contribution is 7.99. The predicted octanol–water partition coefficient (Wildman–Crippen LogP) is 3.23. The lowest BCUT2D eigenvalue weighted by Crippen LogP contribution is -2.32. The minimum absolute atomic E-state index is 0.0364. The number of carbonyl (C=O) groups is 1. The van der Waals surface area contributed by atoms with Crippen LogP contribution in [0.25, 0.3) is 0 Å². The van der Waals surface area contributed by atoms with Gasteiger partial charge in [0.2, 0.25) is 15.9 Å². The Bertz CT molecular complexity index is 1160. The van der Waals surface area contributed by atoms with Crippen LogP contribution in [-0.4, -0.2) is 47.6 Å². The minimum Gasteiger partial charge on any atom is -0.312 e. The highest BCUT2D eigenvalue weighted by Crippen LogP contribution is 2.23. The van der Waals surface area contributed by atoms with Gasteiger partial charge in [0, 0.05) is 19.3 Å². The number of anilines is 2. The lowest BCUT2D eigenvalue weighted by Gasteiger charge is -2.22. The molecule has 0 fully saturated rings. The van der Waals surface area contributed by atoms with Gasteiger partial charge < -0.3 is 9.47 Å². The number of sulfonamides is 1. The molecule has 3 aromatic rings. The molecule has 8 nitrogen and oxygen atoms in total. The van der Waals surface area contributed by atoms with E-state index in [1.54, 1.807) is 28.6 Å². The van der Waals surface area contributed by atoms with Gasteiger partial charge in [0.05, 0.1) is 24.2 Å². The second-order valence-electron chi connectivity index (χ2n) is 7.33. The number of thioether (sulfide) groups is 1. The number of benzene rings is 2. The van der Waals surface area contributed by atoms with Gasteiger partial charge in [-0.15, -0.1) is 10.2 Å². The topological polar surface area (TPSA) is 88.4 Å². The van der Waals surface area contributed by atoms with E-state index < -0.39 is 10.0 Å². The van der Waals surface area contributed by atoms with Gasteiger partial charge in [-0.3, -0.25) is 9.10 Å². The normalized spacial score (nSPS) is 11.4. The van der Waals surface area contributed by atoms with Crippen molar-refractivity contribution in [2.45, 2.75) is 25.5 Å². The molecule has 32 heavy (non-hydrogen) atoms. The Labute approximate surface area is 193 Å². The maximum atomic E-state index is 12.7. The third-order valence-corrected chi connectivity index (χ3v) is 7.09. The molecular formula is C22H27N5O3S2. The third kappa shape index (κ3) is 5.68. The van der Waals surface area contributed by atoms with Crippen LogP contribution < -0.4 is 9.21 Å². The lowest BCUT2D eigenvalue weighted by atomic mass is 10.2. The first-order valence-electron chi connectivity index (χ1n) is 10.1. The van der Waals surface area contributed by atoms with E-state index in [2.05, 4.69) is 10.2 Å². The zero-order chi connectivity index (χ0) is 23.3. The summed E-state index contributed by atoms with van der Waals surface area (Å²) in [7, 11) is -1.75. The first kappa shape index (κ1) is 23.8. The Kier molecular flexibility index (Phi) is 7.57. The molecule has 1 aromatic heterocycles. The highest BCUT2D eigenvalue weighted by Gasteiger charge is 2.22. The molecule has 0 atom stereocenters. The van der Waals surface area contributed by atoms with Crippen LogP contribution in [-0.2, 0) is 28.4 Å². The molecule has 0 saturated heterocycles. The van der Waals surface area contributed by atoms with Crippen molar-refractivity contribution in [3.05, 3.63) is 66.0 Å². The van der Waals surface area contributed by atoms with Crippen LogP contribution in [0.4, 0.5) is 11.4 Å². The average Bonchev–Trinajstić information content (AvgIpc) is 3.11. The van der Waals surface area contributed by atoms with Gasteiger partial charge in [-0.1, -0.05) is 47.7 Å². The molecule has 0 aliphatic rings. The molecule has 0 aliphatic carbocycles. The minimum atomic E-state index is -3.52. The summed E-state index contributed by atoms with van der Waals surface area (Å²) in [5.41, 5.74) is 2.45. The number of aryl methyl sites for hydroxylation is 1. The maximum absolute atomic E-state index is 12.7. The molecule has 0 saturated carbocycles. The Hall–Kier alpha value is -2.85. The SMILES string of the molecule is CCN(C(=O)CSc1nnc(CN(c2ccc(C)cc2)S(C)(=O)=O)n1C)c1ccccc1. The summed E-state index contributed by atoms with van der Waals surface area (Å²) in [6.45, 7) is 4.48. The zero-order valence-electron chi connectivity index (χ0n) is 18.6. The molecule has 0 unspecified atom stereocenters. The number of para-hydroxylation sites is 1. The van der Waals surface area contributed by atoms with Gasteiger partial charge in [-0.05, 0) is 38.1 Å². The van der Waals surface area contributed by atoms with Crippen molar-refractivity contribution in [1.82, 2.24) is 14.8 Å². The number of nitrogens with zero attached hydrogens (tertiary/aromatic N) is 5. The molecule has 0 bridgehead atoms. The average molecular weight is 474 g/mol. The van der Waals surface area contributed by atoms with Crippen molar-refractivity contribution < 1.29 is 13.2 Å². The first-order valence-corrected chi connectivity index (χ1v) is 12.9. The van der Waals surface area contributed by atoms with Crippen LogP contribution in [0.3, 0.4) is 0 Å². The predicted molar refractivity (Wildman–Crippen MR) is 128 cm³/mol. The largest absolute Gasteiger partial charge is 0.312 e. The molecule has 10 heteroatoms. The number of aromatic nitrogens is 3. The summed E-state index contributed by atoms with van der Waals surface area (Å²) in [6, 6.07) is 16.8. The molecule has 3 rings (SSSR count). The highest BCUT2D eigenvalue weighted by atomic mass is 32.2. The van der Waals surface area contributed by atoms with Gasteiger partial charge in [-0.25, -0.2) is 8.42 Å². The molecular weight excluding hydrogens is 446 g/mol. The fourth-order valence-corrected chi connectivity index (χ4v) is 4.82. The Balaban J connectivity index is 1.73. The van der Waals surface area contributed by atoms with Crippen molar-refractivity contribution in [1.29, 1.82) is 0 Å². The van der Waals surface area contributed by atoms with E-state index in [0.717, 1.165) is 11.3 Å². The van der Waals surface area contributed by atoms with E-state index in [1.165, 1.54) is 22.3 Å². The van der Waals surface area contributed by atoms with Crippen LogP contribution in [0.5, 0.6) is 0 Å². The number of hydrogen-bond acceptors (Lipinski definition) is 6. The van der Waals surface area contributed by atoms with Crippen LogP contribution in [0.1, 0.15) is 18.3 Å². The fourth-order valence-electron chi connectivity index (χ4n) is 3.16. The Morgan fingerprint density at radius 1 is 1.03 bits per heavy atom. The molecule has 2 aromatic carbocycles. The van der Waals surface area contributed by atoms with Gasteiger partial charge in [0.15, 0.2) is 11.0 Å². The van der Waals surface area contributed by atoms with Crippen molar-refractivity contribution >= 4 is 39.1 Å². The summed E-state index contributed by atoms with van der Waals surface area (Å²) in [5.74, 6) is 0.648. The fraction of sp³-hybridized carbons (Fsp3) is 0.318. The molecule has 0 spiro atoms. The van der Waals surface area contributed by atoms with Crippen LogP contribution >= 0.6 is 11.8 Å². The van der Waals surface area contributed by atoms with Crippen LogP contribution in [0, 0.1) is 6.92 Å². The molecule has 170 valence electrons. The van der Waals surface area contributed by atoms with E-state index in [9.17, 15) is 13.2 Å². The smallest absolute Gasteiger partial charge is 0.237 e. The quantitative estimate of drug-likeness (QED) is 0.444.